The highest BCUT2D eigenvalue weighted by atomic mass is 32.2. The van der Waals surface area contributed by atoms with Gasteiger partial charge >= 0.3 is 0 Å². The fraction of sp³-hybridized carbons (Fsp3) is 0.400. The van der Waals surface area contributed by atoms with Crippen LogP contribution in [0.3, 0.4) is 0 Å². The second-order valence-corrected chi connectivity index (χ2v) is 5.50. The van der Waals surface area contributed by atoms with Crippen LogP contribution in [0.2, 0.25) is 0 Å². The lowest BCUT2D eigenvalue weighted by Crippen LogP contribution is -2.19. The van der Waals surface area contributed by atoms with Crippen LogP contribution in [0.4, 0.5) is 0 Å². The van der Waals surface area contributed by atoms with Crippen molar-refractivity contribution in [1.29, 1.82) is 0 Å². The summed E-state index contributed by atoms with van der Waals surface area (Å²) >= 11 is 0. The fourth-order valence-corrected chi connectivity index (χ4v) is 1.93. The minimum atomic E-state index is -3.74. The molecule has 0 aromatic heterocycles. The van der Waals surface area contributed by atoms with Gasteiger partial charge in [0, 0.05) is 0 Å². The third-order valence-electron chi connectivity index (χ3n) is 2.00. The first-order valence-electron chi connectivity index (χ1n) is 4.70. The second-order valence-electron chi connectivity index (χ2n) is 3.84. The van der Waals surface area contributed by atoms with E-state index in [4.69, 9.17) is 5.21 Å². The van der Waals surface area contributed by atoms with E-state index in [-0.39, 0.29) is 4.90 Å². The predicted octanol–water partition coefficient (Wildman–Crippen LogP) is 1.55. The van der Waals surface area contributed by atoms with E-state index in [0.717, 1.165) is 12.0 Å². The van der Waals surface area contributed by atoms with E-state index < -0.39 is 10.0 Å². The van der Waals surface area contributed by atoms with Gasteiger partial charge in [0.1, 0.15) is 0 Å². The van der Waals surface area contributed by atoms with E-state index in [9.17, 15) is 8.42 Å². The van der Waals surface area contributed by atoms with Crippen LogP contribution in [0, 0.1) is 5.92 Å². The summed E-state index contributed by atoms with van der Waals surface area (Å²) in [4.78, 5) is 1.36. The zero-order valence-electron chi connectivity index (χ0n) is 8.77. The highest BCUT2D eigenvalue weighted by Gasteiger charge is 2.11. The zero-order valence-corrected chi connectivity index (χ0v) is 9.58. The molecule has 0 unspecified atom stereocenters. The number of sulfonamides is 1. The first kappa shape index (κ1) is 12.2. The van der Waals surface area contributed by atoms with Gasteiger partial charge in [-0.2, -0.15) is 0 Å². The van der Waals surface area contributed by atoms with Gasteiger partial charge in [-0.3, -0.25) is 0 Å². The summed E-state index contributed by atoms with van der Waals surface area (Å²) in [6, 6.07) is 6.47. The van der Waals surface area contributed by atoms with Crippen molar-refractivity contribution in [2.24, 2.45) is 5.92 Å². The molecule has 0 radical (unpaired) electrons. The van der Waals surface area contributed by atoms with E-state index in [1.165, 1.54) is 17.0 Å². The maximum atomic E-state index is 11.2. The Morgan fingerprint density at radius 3 is 2.20 bits per heavy atom. The van der Waals surface area contributed by atoms with E-state index in [0.29, 0.717) is 5.92 Å². The summed E-state index contributed by atoms with van der Waals surface area (Å²) in [6.45, 7) is 4.19. The molecule has 1 aromatic carbocycles. The molecule has 1 rings (SSSR count). The van der Waals surface area contributed by atoms with Crippen molar-refractivity contribution in [3.8, 4) is 0 Å². The molecule has 0 aliphatic heterocycles. The fourth-order valence-electron chi connectivity index (χ4n) is 1.33. The molecule has 4 nitrogen and oxygen atoms in total. The van der Waals surface area contributed by atoms with Crippen LogP contribution >= 0.6 is 0 Å². The molecule has 0 saturated heterocycles. The predicted molar refractivity (Wildman–Crippen MR) is 57.1 cm³/mol. The lowest BCUT2D eigenvalue weighted by Gasteiger charge is -2.06. The third kappa shape index (κ3) is 3.30. The summed E-state index contributed by atoms with van der Waals surface area (Å²) in [5, 5.41) is 8.42. The molecule has 0 amide bonds. The number of hydrogen-bond donors (Lipinski definition) is 2. The van der Waals surface area contributed by atoms with Crippen LogP contribution in [-0.2, 0) is 16.4 Å². The quantitative estimate of drug-likeness (QED) is 0.770. The van der Waals surface area contributed by atoms with Gasteiger partial charge in [0.2, 0.25) is 0 Å². The Morgan fingerprint density at radius 2 is 1.80 bits per heavy atom. The summed E-state index contributed by atoms with van der Waals surface area (Å²) < 4.78 is 22.3. The second kappa shape index (κ2) is 4.74. The van der Waals surface area contributed by atoms with Crippen molar-refractivity contribution in [2.75, 3.05) is 0 Å². The van der Waals surface area contributed by atoms with Crippen molar-refractivity contribution in [3.05, 3.63) is 29.8 Å². The Morgan fingerprint density at radius 1 is 1.27 bits per heavy atom. The summed E-state index contributed by atoms with van der Waals surface area (Å²) in [5.74, 6) is 0.531. The normalized spacial score (nSPS) is 12.0. The van der Waals surface area contributed by atoms with Gasteiger partial charge in [0.05, 0.1) is 4.90 Å². The van der Waals surface area contributed by atoms with Gasteiger partial charge in [0.25, 0.3) is 10.0 Å². The molecule has 84 valence electrons. The maximum absolute atomic E-state index is 11.2. The van der Waals surface area contributed by atoms with Crippen molar-refractivity contribution >= 4 is 10.0 Å². The molecule has 2 N–H and O–H groups in total. The maximum Gasteiger partial charge on any atom is 0.262 e. The van der Waals surface area contributed by atoms with E-state index in [1.54, 1.807) is 12.1 Å². The van der Waals surface area contributed by atoms with Crippen molar-refractivity contribution in [2.45, 2.75) is 25.2 Å². The van der Waals surface area contributed by atoms with Crippen LogP contribution in [0.15, 0.2) is 29.2 Å². The molecule has 5 heteroatoms. The topological polar surface area (TPSA) is 66.4 Å². The van der Waals surface area contributed by atoms with Crippen LogP contribution in [0.25, 0.3) is 0 Å². The van der Waals surface area contributed by atoms with Gasteiger partial charge < -0.3 is 5.21 Å². The largest absolute Gasteiger partial charge is 0.302 e. The summed E-state index contributed by atoms with van der Waals surface area (Å²) in [7, 11) is -3.74. The molecular formula is C10H15NO3S. The summed E-state index contributed by atoms with van der Waals surface area (Å²) in [6.07, 6.45) is 0.910. The Kier molecular flexibility index (Phi) is 3.84. The molecule has 0 heterocycles. The minimum absolute atomic E-state index is 0.0671. The monoisotopic (exact) mass is 229 g/mol. The highest BCUT2D eigenvalue weighted by Crippen LogP contribution is 2.12. The molecule has 0 atom stereocenters. The molecule has 1 aromatic rings. The first-order chi connectivity index (χ1) is 6.95. The number of nitrogens with one attached hydrogen (secondary N) is 1. The lowest BCUT2D eigenvalue weighted by atomic mass is 10.0. The van der Waals surface area contributed by atoms with Crippen LogP contribution in [0.1, 0.15) is 19.4 Å². The van der Waals surface area contributed by atoms with Crippen LogP contribution < -0.4 is 4.89 Å². The van der Waals surface area contributed by atoms with Crippen LogP contribution in [-0.4, -0.2) is 13.6 Å². The average molecular weight is 229 g/mol. The molecule has 0 aliphatic carbocycles. The van der Waals surface area contributed by atoms with Gasteiger partial charge in [-0.05, 0) is 30.0 Å². The Bertz CT molecular complexity index is 409. The zero-order chi connectivity index (χ0) is 11.5. The van der Waals surface area contributed by atoms with Gasteiger partial charge in [-0.15, -0.1) is 0 Å². The average Bonchev–Trinajstić information content (AvgIpc) is 2.18. The molecule has 0 bridgehead atoms. The van der Waals surface area contributed by atoms with Crippen molar-refractivity contribution < 1.29 is 13.6 Å². The SMILES string of the molecule is CC(C)Cc1ccc(S(=O)(=O)NO)cc1. The van der Waals surface area contributed by atoms with Crippen LogP contribution in [0.5, 0.6) is 0 Å². The van der Waals surface area contributed by atoms with Gasteiger partial charge in [0.15, 0.2) is 0 Å². The molecule has 0 spiro atoms. The highest BCUT2D eigenvalue weighted by molar-refractivity contribution is 7.89. The molecule has 0 fully saturated rings. The molecule has 0 saturated carbocycles. The van der Waals surface area contributed by atoms with Crippen molar-refractivity contribution in [3.63, 3.8) is 0 Å². The van der Waals surface area contributed by atoms with E-state index >= 15 is 0 Å². The van der Waals surface area contributed by atoms with Crippen molar-refractivity contribution in [1.82, 2.24) is 4.89 Å². The Labute approximate surface area is 90.0 Å². The standard InChI is InChI=1S/C10H15NO3S/c1-8(2)7-9-3-5-10(6-4-9)15(13,14)11-12/h3-6,8,11-12H,7H2,1-2H3. The number of hydrogen-bond acceptors (Lipinski definition) is 3. The van der Waals surface area contributed by atoms with Gasteiger partial charge in [-0.1, -0.05) is 30.9 Å². The van der Waals surface area contributed by atoms with Gasteiger partial charge in [-0.25, -0.2) is 8.42 Å². The lowest BCUT2D eigenvalue weighted by molar-refractivity contribution is 0.242. The van der Waals surface area contributed by atoms with E-state index in [2.05, 4.69) is 13.8 Å². The Balaban J connectivity index is 2.91. The summed E-state index contributed by atoms with van der Waals surface area (Å²) in [5.41, 5.74) is 1.09. The number of rotatable bonds is 4. The third-order valence-corrected chi connectivity index (χ3v) is 3.13. The first-order valence-corrected chi connectivity index (χ1v) is 6.19. The molecule has 0 aliphatic rings. The Hall–Kier alpha value is -0.910. The molecular weight excluding hydrogens is 214 g/mol. The minimum Gasteiger partial charge on any atom is -0.302 e. The number of benzene rings is 1. The van der Waals surface area contributed by atoms with E-state index in [1.807, 2.05) is 0 Å². The smallest absolute Gasteiger partial charge is 0.262 e. The molecule has 15 heavy (non-hydrogen) atoms.